The Kier molecular flexibility index (Phi) is 6.17. The average molecular weight is 367 g/mol. The number of aryl methyl sites for hydroxylation is 1. The lowest BCUT2D eigenvalue weighted by atomic mass is 10.2. The third-order valence-corrected chi connectivity index (χ3v) is 3.81. The van der Waals surface area contributed by atoms with Gasteiger partial charge >= 0.3 is 0 Å². The van der Waals surface area contributed by atoms with Gasteiger partial charge in [-0.15, -0.1) is 0 Å². The zero-order valence-corrected chi connectivity index (χ0v) is 15.1. The van der Waals surface area contributed by atoms with Gasteiger partial charge in [0.05, 0.1) is 12.9 Å². The largest absolute Gasteiger partial charge is 0.467 e. The Balaban J connectivity index is 1.62. The quantitative estimate of drug-likeness (QED) is 0.661. The minimum Gasteiger partial charge on any atom is -0.467 e. The number of rotatable bonds is 8. The summed E-state index contributed by atoms with van der Waals surface area (Å²) in [4.78, 5) is 24.2. The number of carbonyl (C=O) groups excluding carboxylic acids is 1. The van der Waals surface area contributed by atoms with Crippen molar-refractivity contribution in [3.63, 3.8) is 0 Å². The van der Waals surface area contributed by atoms with Crippen LogP contribution in [0.1, 0.15) is 35.2 Å². The maximum Gasteiger partial charge on any atom is 0.276 e. The van der Waals surface area contributed by atoms with Crippen molar-refractivity contribution in [3.8, 4) is 0 Å². The van der Waals surface area contributed by atoms with Crippen molar-refractivity contribution in [2.24, 2.45) is 0 Å². The summed E-state index contributed by atoms with van der Waals surface area (Å²) >= 11 is 0. The monoisotopic (exact) mass is 367 g/mol. The van der Waals surface area contributed by atoms with Gasteiger partial charge in [-0.05, 0) is 42.3 Å². The number of nitrogens with zero attached hydrogens (tertiary/aromatic N) is 2. The third kappa shape index (κ3) is 5.15. The lowest BCUT2D eigenvalue weighted by Crippen LogP contribution is -2.26. The number of hydrogen-bond donors (Lipinski definition) is 1. The second-order valence-corrected chi connectivity index (χ2v) is 6.01. The van der Waals surface area contributed by atoms with Crippen molar-refractivity contribution in [1.82, 2.24) is 9.78 Å². The SMILES string of the molecule is CCCn1nc(C(=O)Nc2cccc(COCc3ccco3)c2)ccc1=O. The fourth-order valence-corrected chi connectivity index (χ4v) is 2.54. The van der Waals surface area contributed by atoms with Gasteiger partial charge in [-0.3, -0.25) is 9.59 Å². The summed E-state index contributed by atoms with van der Waals surface area (Å²) < 4.78 is 12.1. The van der Waals surface area contributed by atoms with Crippen LogP contribution in [-0.4, -0.2) is 15.7 Å². The number of furan rings is 1. The van der Waals surface area contributed by atoms with Crippen LogP contribution in [0.25, 0.3) is 0 Å². The number of aromatic nitrogens is 2. The predicted molar refractivity (Wildman–Crippen MR) is 100 cm³/mol. The van der Waals surface area contributed by atoms with Gasteiger partial charge in [0, 0.05) is 18.3 Å². The number of benzene rings is 1. The molecule has 140 valence electrons. The molecule has 0 radical (unpaired) electrons. The van der Waals surface area contributed by atoms with Crippen LogP contribution in [0.2, 0.25) is 0 Å². The molecule has 2 heterocycles. The number of anilines is 1. The predicted octanol–water partition coefficient (Wildman–Crippen LogP) is 3.22. The molecule has 0 aliphatic rings. The van der Waals surface area contributed by atoms with E-state index in [9.17, 15) is 9.59 Å². The van der Waals surface area contributed by atoms with Gasteiger partial charge in [-0.1, -0.05) is 19.1 Å². The highest BCUT2D eigenvalue weighted by atomic mass is 16.5. The minimum atomic E-state index is -0.367. The van der Waals surface area contributed by atoms with Gasteiger partial charge in [0.1, 0.15) is 18.1 Å². The molecule has 3 rings (SSSR count). The van der Waals surface area contributed by atoms with Crippen LogP contribution in [0, 0.1) is 0 Å². The van der Waals surface area contributed by atoms with E-state index in [0.717, 1.165) is 17.7 Å². The van der Waals surface area contributed by atoms with Crippen LogP contribution in [0.4, 0.5) is 5.69 Å². The Hall–Kier alpha value is -3.19. The molecule has 0 aliphatic carbocycles. The molecular weight excluding hydrogens is 346 g/mol. The number of ether oxygens (including phenoxy) is 1. The maximum absolute atomic E-state index is 12.4. The molecule has 3 aromatic rings. The van der Waals surface area contributed by atoms with Gasteiger partial charge in [0.25, 0.3) is 11.5 Å². The molecular formula is C20H21N3O4. The molecule has 0 saturated carbocycles. The van der Waals surface area contributed by atoms with E-state index in [1.54, 1.807) is 12.3 Å². The Morgan fingerprint density at radius 3 is 2.85 bits per heavy atom. The van der Waals surface area contributed by atoms with Crippen LogP contribution in [-0.2, 0) is 24.5 Å². The summed E-state index contributed by atoms with van der Waals surface area (Å²) in [6.07, 6.45) is 2.37. The van der Waals surface area contributed by atoms with E-state index >= 15 is 0 Å². The van der Waals surface area contributed by atoms with Crippen molar-refractivity contribution in [2.45, 2.75) is 33.1 Å². The summed E-state index contributed by atoms with van der Waals surface area (Å²) in [5, 5.41) is 6.92. The number of hydrogen-bond acceptors (Lipinski definition) is 5. The Bertz CT molecular complexity index is 948. The van der Waals surface area contributed by atoms with E-state index < -0.39 is 0 Å². The molecule has 0 aliphatic heterocycles. The van der Waals surface area contributed by atoms with Crippen molar-refractivity contribution >= 4 is 11.6 Å². The zero-order valence-electron chi connectivity index (χ0n) is 15.1. The van der Waals surface area contributed by atoms with Gasteiger partial charge < -0.3 is 14.5 Å². The molecule has 1 N–H and O–H groups in total. The van der Waals surface area contributed by atoms with Crippen molar-refractivity contribution in [2.75, 3.05) is 5.32 Å². The lowest BCUT2D eigenvalue weighted by molar-refractivity contribution is 0.0929. The first-order chi connectivity index (χ1) is 13.2. The average Bonchev–Trinajstić information content (AvgIpc) is 3.17. The molecule has 1 amide bonds. The molecule has 1 aromatic carbocycles. The molecule has 2 aromatic heterocycles. The van der Waals surface area contributed by atoms with Crippen LogP contribution in [0.3, 0.4) is 0 Å². The third-order valence-electron chi connectivity index (χ3n) is 3.81. The fraction of sp³-hybridized carbons (Fsp3) is 0.250. The van der Waals surface area contributed by atoms with Crippen LogP contribution in [0.15, 0.2) is 64.0 Å². The van der Waals surface area contributed by atoms with Crippen LogP contribution in [0.5, 0.6) is 0 Å². The molecule has 7 nitrogen and oxygen atoms in total. The number of carbonyl (C=O) groups is 1. The van der Waals surface area contributed by atoms with Crippen molar-refractivity contribution in [1.29, 1.82) is 0 Å². The molecule has 7 heteroatoms. The van der Waals surface area contributed by atoms with Crippen LogP contribution >= 0.6 is 0 Å². The van der Waals surface area contributed by atoms with E-state index in [1.807, 2.05) is 37.3 Å². The highest BCUT2D eigenvalue weighted by Gasteiger charge is 2.10. The molecule has 0 atom stereocenters. The molecule has 27 heavy (non-hydrogen) atoms. The van der Waals surface area contributed by atoms with E-state index in [1.165, 1.54) is 16.8 Å². The first kappa shape index (κ1) is 18.6. The molecule has 0 bridgehead atoms. The molecule has 0 saturated heterocycles. The first-order valence-corrected chi connectivity index (χ1v) is 8.74. The van der Waals surface area contributed by atoms with Crippen LogP contribution < -0.4 is 10.9 Å². The first-order valence-electron chi connectivity index (χ1n) is 8.74. The number of nitrogens with one attached hydrogen (secondary N) is 1. The van der Waals surface area contributed by atoms with Crippen molar-refractivity contribution < 1.29 is 13.9 Å². The zero-order chi connectivity index (χ0) is 19.1. The smallest absolute Gasteiger partial charge is 0.276 e. The summed E-state index contributed by atoms with van der Waals surface area (Å²) in [5.41, 5.74) is 1.53. The maximum atomic E-state index is 12.4. The second-order valence-electron chi connectivity index (χ2n) is 6.01. The summed E-state index contributed by atoms with van der Waals surface area (Å²) in [5.74, 6) is 0.390. The standard InChI is InChI=1S/C20H21N3O4/c1-2-10-23-19(24)9-8-18(22-23)20(25)21-16-6-3-5-15(12-16)13-26-14-17-7-4-11-27-17/h3-9,11-12H,2,10,13-14H2,1H3,(H,21,25). The van der Waals surface area contributed by atoms with E-state index in [-0.39, 0.29) is 17.2 Å². The van der Waals surface area contributed by atoms with E-state index in [0.29, 0.717) is 25.4 Å². The summed E-state index contributed by atoms with van der Waals surface area (Å²) in [7, 11) is 0. The highest BCUT2D eigenvalue weighted by Crippen LogP contribution is 2.13. The lowest BCUT2D eigenvalue weighted by Gasteiger charge is -2.09. The summed E-state index contributed by atoms with van der Waals surface area (Å²) in [6, 6.07) is 13.8. The minimum absolute atomic E-state index is 0.197. The van der Waals surface area contributed by atoms with Gasteiger partial charge in [-0.2, -0.15) is 5.10 Å². The van der Waals surface area contributed by atoms with Crippen molar-refractivity contribution in [3.05, 3.63) is 82.2 Å². The topological polar surface area (TPSA) is 86.4 Å². The van der Waals surface area contributed by atoms with Gasteiger partial charge in [0.15, 0.2) is 0 Å². The summed E-state index contributed by atoms with van der Waals surface area (Å²) in [6.45, 7) is 3.19. The van der Waals surface area contributed by atoms with E-state index in [4.69, 9.17) is 9.15 Å². The molecule has 0 spiro atoms. The Morgan fingerprint density at radius 1 is 1.19 bits per heavy atom. The Labute approximate surface area is 156 Å². The molecule has 0 unspecified atom stereocenters. The Morgan fingerprint density at radius 2 is 2.07 bits per heavy atom. The fourth-order valence-electron chi connectivity index (χ4n) is 2.54. The normalized spacial score (nSPS) is 10.7. The van der Waals surface area contributed by atoms with Gasteiger partial charge in [0.2, 0.25) is 0 Å². The highest BCUT2D eigenvalue weighted by molar-refractivity contribution is 6.02. The van der Waals surface area contributed by atoms with E-state index in [2.05, 4.69) is 10.4 Å². The van der Waals surface area contributed by atoms with Gasteiger partial charge in [-0.25, -0.2) is 4.68 Å². The molecule has 0 fully saturated rings. The number of amides is 1. The second kappa shape index (κ2) is 8.95.